The number of likely N-dealkylation sites (tertiary alicyclic amines) is 1. The Labute approximate surface area is 122 Å². The molecule has 1 unspecified atom stereocenters. The number of morpholine rings is 1. The number of hydrogen-bond donors (Lipinski definition) is 1. The predicted molar refractivity (Wildman–Crippen MR) is 79.7 cm³/mol. The van der Waals surface area contributed by atoms with E-state index in [1.54, 1.807) is 0 Å². The number of rotatable bonds is 5. The van der Waals surface area contributed by atoms with Crippen LogP contribution in [0.15, 0.2) is 0 Å². The molecule has 0 spiro atoms. The number of nitrogens with zero attached hydrogens (tertiary/aromatic N) is 2. The second-order valence-corrected chi connectivity index (χ2v) is 6.03. The molecule has 0 aromatic heterocycles. The van der Waals surface area contributed by atoms with E-state index >= 15 is 0 Å². The maximum Gasteiger partial charge on any atom is 0.234 e. The number of carbonyl (C=O) groups excluding carboxylic acids is 1. The van der Waals surface area contributed by atoms with Crippen LogP contribution in [-0.2, 0) is 9.53 Å². The Balaban J connectivity index is 1.68. The van der Waals surface area contributed by atoms with Gasteiger partial charge in [-0.25, -0.2) is 0 Å². The monoisotopic (exact) mass is 283 g/mol. The van der Waals surface area contributed by atoms with Gasteiger partial charge in [0.15, 0.2) is 0 Å². The van der Waals surface area contributed by atoms with Gasteiger partial charge in [0.05, 0.1) is 19.3 Å². The molecule has 0 aromatic carbocycles. The van der Waals surface area contributed by atoms with Gasteiger partial charge < -0.3 is 10.1 Å². The highest BCUT2D eigenvalue weighted by Gasteiger charge is 2.28. The van der Waals surface area contributed by atoms with Gasteiger partial charge >= 0.3 is 0 Å². The fourth-order valence-electron chi connectivity index (χ4n) is 3.14. The van der Waals surface area contributed by atoms with Crippen LogP contribution < -0.4 is 5.32 Å². The molecule has 2 saturated heterocycles. The van der Waals surface area contributed by atoms with Gasteiger partial charge in [-0.2, -0.15) is 0 Å². The minimum absolute atomic E-state index is 0.172. The number of piperidine rings is 1. The smallest absolute Gasteiger partial charge is 0.234 e. The highest BCUT2D eigenvalue weighted by Crippen LogP contribution is 2.19. The molecule has 116 valence electrons. The summed E-state index contributed by atoms with van der Waals surface area (Å²) in [6.07, 6.45) is 3.71. The molecule has 1 atom stereocenters. The van der Waals surface area contributed by atoms with Gasteiger partial charge in [0.1, 0.15) is 0 Å². The molecule has 0 aliphatic carbocycles. The lowest BCUT2D eigenvalue weighted by atomic mass is 10.0. The minimum atomic E-state index is 0.172. The van der Waals surface area contributed by atoms with Gasteiger partial charge in [-0.15, -0.1) is 0 Å². The van der Waals surface area contributed by atoms with Crippen LogP contribution in [0, 0.1) is 0 Å². The number of hydrogen-bond acceptors (Lipinski definition) is 4. The number of amides is 1. The molecule has 20 heavy (non-hydrogen) atoms. The van der Waals surface area contributed by atoms with Crippen molar-refractivity contribution in [3.05, 3.63) is 0 Å². The molecular weight excluding hydrogens is 254 g/mol. The Hall–Kier alpha value is -0.650. The van der Waals surface area contributed by atoms with Crippen LogP contribution in [0.5, 0.6) is 0 Å². The first-order valence-electron chi connectivity index (χ1n) is 8.03. The zero-order chi connectivity index (χ0) is 14.4. The summed E-state index contributed by atoms with van der Waals surface area (Å²) < 4.78 is 5.61. The van der Waals surface area contributed by atoms with Crippen LogP contribution in [0.25, 0.3) is 0 Å². The minimum Gasteiger partial charge on any atom is -0.376 e. The highest BCUT2D eigenvalue weighted by atomic mass is 16.5. The third-order valence-corrected chi connectivity index (χ3v) is 4.29. The molecule has 1 amide bonds. The third-order valence-electron chi connectivity index (χ3n) is 4.29. The quantitative estimate of drug-likeness (QED) is 0.807. The zero-order valence-corrected chi connectivity index (χ0v) is 12.9. The fraction of sp³-hybridized carbons (Fsp3) is 0.933. The van der Waals surface area contributed by atoms with Crippen molar-refractivity contribution in [2.75, 3.05) is 45.9 Å². The zero-order valence-electron chi connectivity index (χ0n) is 12.9. The lowest BCUT2D eigenvalue weighted by Crippen LogP contribution is -2.52. The summed E-state index contributed by atoms with van der Waals surface area (Å²) >= 11 is 0. The van der Waals surface area contributed by atoms with Crippen molar-refractivity contribution in [2.45, 2.75) is 45.3 Å². The van der Waals surface area contributed by atoms with E-state index in [0.29, 0.717) is 18.7 Å². The molecule has 0 radical (unpaired) electrons. The Morgan fingerprint density at radius 2 is 2.05 bits per heavy atom. The van der Waals surface area contributed by atoms with Crippen LogP contribution >= 0.6 is 0 Å². The second kappa shape index (κ2) is 7.96. The summed E-state index contributed by atoms with van der Waals surface area (Å²) in [7, 11) is 0. The van der Waals surface area contributed by atoms with E-state index in [1.807, 2.05) is 0 Å². The average Bonchev–Trinajstić information content (AvgIpc) is 2.46. The summed E-state index contributed by atoms with van der Waals surface area (Å²) in [6.45, 7) is 10.6. The van der Waals surface area contributed by atoms with Crippen LogP contribution in [0.3, 0.4) is 0 Å². The fourth-order valence-corrected chi connectivity index (χ4v) is 3.14. The predicted octanol–water partition coefficient (Wildman–Crippen LogP) is 0.698. The van der Waals surface area contributed by atoms with Crippen molar-refractivity contribution in [3.8, 4) is 0 Å². The van der Waals surface area contributed by atoms with Crippen LogP contribution in [0.4, 0.5) is 0 Å². The van der Waals surface area contributed by atoms with Gasteiger partial charge in [-0.05, 0) is 26.2 Å². The van der Waals surface area contributed by atoms with Crippen molar-refractivity contribution in [1.82, 2.24) is 15.1 Å². The van der Waals surface area contributed by atoms with E-state index < -0.39 is 0 Å². The first-order chi connectivity index (χ1) is 9.69. The third kappa shape index (κ3) is 4.72. The summed E-state index contributed by atoms with van der Waals surface area (Å²) in [5.74, 6) is 0.172. The van der Waals surface area contributed by atoms with Crippen molar-refractivity contribution in [3.63, 3.8) is 0 Å². The number of ether oxygens (including phenoxy) is 1. The lowest BCUT2D eigenvalue weighted by molar-refractivity contribution is -0.122. The van der Waals surface area contributed by atoms with Crippen LogP contribution in [-0.4, -0.2) is 73.7 Å². The van der Waals surface area contributed by atoms with Gasteiger partial charge in [-0.1, -0.05) is 6.92 Å². The van der Waals surface area contributed by atoms with E-state index in [0.717, 1.165) is 45.8 Å². The molecular formula is C15H29N3O2. The Morgan fingerprint density at radius 3 is 2.70 bits per heavy atom. The standard InChI is InChI=1S/C15H29N3O2/c1-3-6-16-15(19)12-17-7-4-14(5-8-17)18-9-10-20-13(2)11-18/h13-14H,3-12H2,1-2H3,(H,16,19). The van der Waals surface area contributed by atoms with Gasteiger partial charge in [0.25, 0.3) is 0 Å². The number of carbonyl (C=O) groups is 1. The van der Waals surface area contributed by atoms with Crippen molar-refractivity contribution < 1.29 is 9.53 Å². The van der Waals surface area contributed by atoms with Crippen LogP contribution in [0.1, 0.15) is 33.1 Å². The lowest BCUT2D eigenvalue weighted by Gasteiger charge is -2.41. The van der Waals surface area contributed by atoms with Gasteiger partial charge in [0, 0.05) is 38.8 Å². The maximum absolute atomic E-state index is 11.7. The van der Waals surface area contributed by atoms with Gasteiger partial charge in [0.2, 0.25) is 5.91 Å². The van der Waals surface area contributed by atoms with Crippen molar-refractivity contribution in [1.29, 1.82) is 0 Å². The molecule has 5 nitrogen and oxygen atoms in total. The average molecular weight is 283 g/mol. The second-order valence-electron chi connectivity index (χ2n) is 6.03. The SMILES string of the molecule is CCCNC(=O)CN1CCC(N2CCOC(C)C2)CC1. The molecule has 5 heteroatoms. The molecule has 0 bridgehead atoms. The molecule has 0 aromatic rings. The molecule has 1 N–H and O–H groups in total. The number of nitrogens with one attached hydrogen (secondary N) is 1. The normalized spacial score (nSPS) is 26.6. The first kappa shape index (κ1) is 15.7. The molecule has 2 heterocycles. The van der Waals surface area contributed by atoms with Crippen molar-refractivity contribution >= 4 is 5.91 Å². The largest absolute Gasteiger partial charge is 0.376 e. The molecule has 2 fully saturated rings. The first-order valence-corrected chi connectivity index (χ1v) is 8.03. The van der Waals surface area contributed by atoms with E-state index in [2.05, 4.69) is 29.0 Å². The molecule has 2 rings (SSSR count). The summed E-state index contributed by atoms with van der Waals surface area (Å²) in [5, 5.41) is 2.95. The summed E-state index contributed by atoms with van der Waals surface area (Å²) in [5.41, 5.74) is 0. The van der Waals surface area contributed by atoms with Crippen LogP contribution in [0.2, 0.25) is 0 Å². The topological polar surface area (TPSA) is 44.8 Å². The Morgan fingerprint density at radius 1 is 1.30 bits per heavy atom. The van der Waals surface area contributed by atoms with E-state index in [1.165, 1.54) is 12.8 Å². The summed E-state index contributed by atoms with van der Waals surface area (Å²) in [4.78, 5) is 16.6. The van der Waals surface area contributed by atoms with Gasteiger partial charge in [-0.3, -0.25) is 14.6 Å². The Kier molecular flexibility index (Phi) is 6.26. The molecule has 2 aliphatic rings. The van der Waals surface area contributed by atoms with E-state index in [9.17, 15) is 4.79 Å². The molecule has 0 saturated carbocycles. The van der Waals surface area contributed by atoms with Crippen molar-refractivity contribution in [2.24, 2.45) is 0 Å². The molecule has 2 aliphatic heterocycles. The maximum atomic E-state index is 11.7. The van der Waals surface area contributed by atoms with E-state index in [-0.39, 0.29) is 5.91 Å². The summed E-state index contributed by atoms with van der Waals surface area (Å²) in [6, 6.07) is 0.677. The highest BCUT2D eigenvalue weighted by molar-refractivity contribution is 5.77. The van der Waals surface area contributed by atoms with E-state index in [4.69, 9.17) is 4.74 Å². The Bertz CT molecular complexity index is 303.